The van der Waals surface area contributed by atoms with Crippen molar-refractivity contribution in [3.05, 3.63) is 40.6 Å². The zero-order valence-electron chi connectivity index (χ0n) is 21.8. The Bertz CT molecular complexity index is 1430. The average molecular weight is 580 g/mol. The van der Waals surface area contributed by atoms with Gasteiger partial charge in [0, 0.05) is 19.0 Å². The minimum atomic E-state index is -1.50. The minimum Gasteiger partial charge on any atom is -0.487 e. The molecule has 0 aliphatic carbocycles. The molecule has 41 heavy (non-hydrogen) atoms. The van der Waals surface area contributed by atoms with Gasteiger partial charge in [0.05, 0.1) is 23.8 Å². The van der Waals surface area contributed by atoms with Crippen molar-refractivity contribution < 1.29 is 43.6 Å². The molecule has 16 nitrogen and oxygen atoms in total. The lowest BCUT2D eigenvalue weighted by atomic mass is 10.1. The third-order valence-corrected chi connectivity index (χ3v) is 6.01. The Morgan fingerprint density at radius 1 is 1.02 bits per heavy atom. The highest BCUT2D eigenvalue weighted by atomic mass is 19.1. The third kappa shape index (κ3) is 9.04. The van der Waals surface area contributed by atoms with E-state index >= 15 is 0 Å². The Hall–Kier alpha value is -4.96. The molecule has 3 aromatic rings. The van der Waals surface area contributed by atoms with Gasteiger partial charge >= 0.3 is 29.6 Å². The number of aliphatic carboxylic acids is 3. The molecule has 1 unspecified atom stereocenters. The molecule has 2 aromatic heterocycles. The first kappa shape index (κ1) is 30.6. The number of nitrogens with one attached hydrogen (secondary N) is 3. The van der Waals surface area contributed by atoms with Crippen molar-refractivity contribution in [2.24, 2.45) is 0 Å². The lowest BCUT2D eigenvalue weighted by molar-refractivity contribution is -0.140. The van der Waals surface area contributed by atoms with Crippen LogP contribution >= 0.6 is 0 Å². The maximum Gasteiger partial charge on any atom is 0.326 e. The lowest BCUT2D eigenvalue weighted by Crippen LogP contribution is -2.51. The number of amides is 2. The van der Waals surface area contributed by atoms with E-state index in [9.17, 15) is 33.5 Å². The first-order valence-electron chi connectivity index (χ1n) is 12.6. The number of imidazole rings is 1. The van der Waals surface area contributed by atoms with Crippen molar-refractivity contribution in [1.29, 1.82) is 0 Å². The van der Waals surface area contributed by atoms with Gasteiger partial charge in [0.25, 0.3) is 0 Å². The molecule has 0 fully saturated rings. The fourth-order valence-corrected chi connectivity index (χ4v) is 3.96. The number of rotatable bonds is 17. The molecule has 0 saturated carbocycles. The summed E-state index contributed by atoms with van der Waals surface area (Å²) in [6, 6.07) is 1.10. The number of ether oxygens (including phenoxy) is 1. The van der Waals surface area contributed by atoms with Crippen molar-refractivity contribution >= 4 is 35.0 Å². The number of aryl methyl sites for hydroxylation is 2. The van der Waals surface area contributed by atoms with Crippen LogP contribution in [0.15, 0.2) is 29.2 Å². The first-order valence-corrected chi connectivity index (χ1v) is 12.6. The number of hydrogen-bond donors (Lipinski definition) is 6. The number of aromatic amines is 1. The molecule has 0 aliphatic rings. The number of carboxylic acids is 3. The van der Waals surface area contributed by atoms with Crippen LogP contribution in [-0.4, -0.2) is 82.6 Å². The number of hydrogen-bond acceptors (Lipinski definition) is 8. The molecule has 2 amide bonds. The number of unbranched alkanes of at least 4 members (excludes halogenated alkanes) is 1. The number of carboxylic acid groups (broad SMARTS) is 3. The van der Waals surface area contributed by atoms with Crippen LogP contribution in [0.25, 0.3) is 11.0 Å². The number of benzene rings is 1. The van der Waals surface area contributed by atoms with E-state index in [0.29, 0.717) is 35.3 Å². The summed E-state index contributed by atoms with van der Waals surface area (Å²) in [6.07, 6.45) is 1.36. The Balaban J connectivity index is 1.54. The van der Waals surface area contributed by atoms with Crippen LogP contribution in [0.2, 0.25) is 0 Å². The molecule has 0 saturated heterocycles. The minimum absolute atomic E-state index is 0.00975. The molecule has 6 N–H and O–H groups in total. The van der Waals surface area contributed by atoms with Gasteiger partial charge in [-0.15, -0.1) is 5.10 Å². The average Bonchev–Trinajstić information content (AvgIpc) is 3.49. The number of H-pyrrole nitrogens is 1. The summed E-state index contributed by atoms with van der Waals surface area (Å²) in [5.74, 6) is -3.58. The number of halogens is 1. The summed E-state index contributed by atoms with van der Waals surface area (Å²) in [5.41, 5.74) is 1.24. The van der Waals surface area contributed by atoms with Crippen molar-refractivity contribution in [2.45, 2.75) is 63.9 Å². The van der Waals surface area contributed by atoms with Crippen molar-refractivity contribution in [3.63, 3.8) is 0 Å². The molecule has 0 aliphatic heterocycles. The molecule has 1 aromatic carbocycles. The molecular weight excluding hydrogens is 549 g/mol. The highest BCUT2D eigenvalue weighted by molar-refractivity contribution is 5.86. The Labute approximate surface area is 231 Å². The van der Waals surface area contributed by atoms with Gasteiger partial charge in [0.1, 0.15) is 36.8 Å². The third-order valence-electron chi connectivity index (χ3n) is 6.01. The van der Waals surface area contributed by atoms with E-state index in [1.54, 1.807) is 24.4 Å². The molecular formula is C24H30FN7O9. The number of carbonyl (C=O) groups is 4. The van der Waals surface area contributed by atoms with Gasteiger partial charge < -0.3 is 35.7 Å². The maximum absolute atomic E-state index is 12.5. The van der Waals surface area contributed by atoms with E-state index in [1.807, 2.05) is 0 Å². The quantitative estimate of drug-likeness (QED) is 0.122. The molecule has 222 valence electrons. The Kier molecular flexibility index (Phi) is 10.8. The second-order valence-corrected chi connectivity index (χ2v) is 9.04. The predicted octanol–water partition coefficient (Wildman–Crippen LogP) is 0.710. The maximum atomic E-state index is 12.5. The van der Waals surface area contributed by atoms with Crippen molar-refractivity contribution in [1.82, 2.24) is 35.2 Å². The molecule has 0 bridgehead atoms. The van der Waals surface area contributed by atoms with Crippen LogP contribution in [0.3, 0.4) is 0 Å². The number of alkyl halides is 1. The molecule has 0 radical (unpaired) electrons. The molecule has 0 spiro atoms. The molecule has 17 heteroatoms. The highest BCUT2D eigenvalue weighted by Crippen LogP contribution is 2.20. The summed E-state index contributed by atoms with van der Waals surface area (Å²) >= 11 is 0. The van der Waals surface area contributed by atoms with E-state index in [4.69, 9.17) is 14.9 Å². The first-order chi connectivity index (χ1) is 19.6. The van der Waals surface area contributed by atoms with Crippen LogP contribution in [0, 0.1) is 0 Å². The monoisotopic (exact) mass is 579 g/mol. The van der Waals surface area contributed by atoms with Gasteiger partial charge in [-0.3, -0.25) is 9.36 Å². The van der Waals surface area contributed by atoms with E-state index < -0.39 is 49.1 Å². The molecule has 2 atom stereocenters. The standard InChI is InChI=1S/C24H30FN7O9/c25-8-10-31-12-14(29-30-31)13-41-15-4-5-16-19(11-15)32(24(40)28-16)9-2-1-3-17(21(35)36)26-23(39)27-18(22(37)38)6-7-20(33)34/h4-5,11-12,17-18H,1-3,6-10,13H2,(H,28,40)(H,33,34)(H,35,36)(H,37,38)(H2,26,27,39)/t17-,18?/m0/s1. The van der Waals surface area contributed by atoms with E-state index in [-0.39, 0.29) is 38.2 Å². The Morgan fingerprint density at radius 2 is 1.73 bits per heavy atom. The van der Waals surface area contributed by atoms with Gasteiger partial charge in [-0.1, -0.05) is 5.21 Å². The number of fused-ring (bicyclic) bond motifs is 1. The number of urea groups is 1. The van der Waals surface area contributed by atoms with Gasteiger partial charge in [-0.25, -0.2) is 28.3 Å². The Morgan fingerprint density at radius 3 is 2.39 bits per heavy atom. The smallest absolute Gasteiger partial charge is 0.326 e. The van der Waals surface area contributed by atoms with Crippen molar-refractivity contribution in [3.8, 4) is 5.75 Å². The summed E-state index contributed by atoms with van der Waals surface area (Å²) in [4.78, 5) is 60.9. The van der Waals surface area contributed by atoms with Gasteiger partial charge in [-0.2, -0.15) is 0 Å². The number of aromatic nitrogens is 5. The van der Waals surface area contributed by atoms with Gasteiger partial charge in [-0.05, 0) is 37.8 Å². The van der Waals surface area contributed by atoms with E-state index in [0.717, 1.165) is 0 Å². The van der Waals surface area contributed by atoms with Crippen LogP contribution in [0.5, 0.6) is 5.75 Å². The van der Waals surface area contributed by atoms with Gasteiger partial charge in [0.15, 0.2) is 0 Å². The zero-order chi connectivity index (χ0) is 29.9. The van der Waals surface area contributed by atoms with Crippen LogP contribution < -0.4 is 21.1 Å². The molecule has 3 rings (SSSR count). The second kappa shape index (κ2) is 14.4. The normalized spacial score (nSPS) is 12.5. The lowest BCUT2D eigenvalue weighted by Gasteiger charge is -2.18. The second-order valence-electron chi connectivity index (χ2n) is 9.04. The highest BCUT2D eigenvalue weighted by Gasteiger charge is 2.24. The predicted molar refractivity (Wildman–Crippen MR) is 138 cm³/mol. The van der Waals surface area contributed by atoms with Crippen LogP contribution in [-0.2, 0) is 34.1 Å². The topological polar surface area (TPSA) is 231 Å². The summed E-state index contributed by atoms with van der Waals surface area (Å²) in [6.45, 7) is -0.173. The summed E-state index contributed by atoms with van der Waals surface area (Å²) in [7, 11) is 0. The van der Waals surface area contributed by atoms with Crippen LogP contribution in [0.1, 0.15) is 37.8 Å². The van der Waals surface area contributed by atoms with Crippen molar-refractivity contribution in [2.75, 3.05) is 6.67 Å². The number of nitrogens with zero attached hydrogens (tertiary/aromatic N) is 4. The fourth-order valence-electron chi connectivity index (χ4n) is 3.96. The summed E-state index contributed by atoms with van der Waals surface area (Å²) < 4.78 is 21.0. The molecule has 2 heterocycles. The SMILES string of the molecule is O=C(O)CCC(NC(=O)N[C@@H](CCCCn1c(=O)[nH]c2ccc(OCc3cn(CCF)nn3)cc21)C(=O)O)C(=O)O. The van der Waals surface area contributed by atoms with E-state index in [2.05, 4.69) is 25.9 Å². The van der Waals surface area contributed by atoms with Gasteiger partial charge in [0.2, 0.25) is 0 Å². The van der Waals surface area contributed by atoms with E-state index in [1.165, 1.54) is 9.25 Å². The summed E-state index contributed by atoms with van der Waals surface area (Å²) in [5, 5.41) is 39.3. The number of carbonyl (C=O) groups excluding carboxylic acids is 1. The van der Waals surface area contributed by atoms with Crippen LogP contribution in [0.4, 0.5) is 9.18 Å². The fraction of sp³-hybridized carbons (Fsp3) is 0.458. The largest absolute Gasteiger partial charge is 0.487 e. The zero-order valence-corrected chi connectivity index (χ0v) is 21.8.